The molecule has 0 spiro atoms. The van der Waals surface area contributed by atoms with Crippen LogP contribution in [0.5, 0.6) is 0 Å². The first-order valence-electron chi connectivity index (χ1n) is 6.26. The van der Waals surface area contributed by atoms with Crippen LogP contribution in [0.15, 0.2) is 34.9 Å². The highest BCUT2D eigenvalue weighted by molar-refractivity contribution is 9.10. The molecule has 106 valence electrons. The smallest absolute Gasteiger partial charge is 0.270 e. The summed E-state index contributed by atoms with van der Waals surface area (Å²) < 4.78 is 2.15. The molecule has 2 rings (SSSR count). The number of hydrogen-bond acceptors (Lipinski definition) is 3. The van der Waals surface area contributed by atoms with E-state index < -0.39 is 6.10 Å². The maximum atomic E-state index is 12.1. The van der Waals surface area contributed by atoms with E-state index in [0.29, 0.717) is 10.3 Å². The minimum Gasteiger partial charge on any atom is -0.392 e. The number of carbonyl (C=O) groups excluding carboxylic acids is 1. The summed E-state index contributed by atoms with van der Waals surface area (Å²) in [6.45, 7) is 3.82. The van der Waals surface area contributed by atoms with Crippen molar-refractivity contribution in [2.75, 3.05) is 6.54 Å². The molecule has 20 heavy (non-hydrogen) atoms. The largest absolute Gasteiger partial charge is 0.392 e. The number of aromatic nitrogens is 2. The zero-order valence-electron chi connectivity index (χ0n) is 11.3. The molecule has 1 aromatic heterocycles. The Bertz CT molecular complexity index is 605. The van der Waals surface area contributed by atoms with Crippen molar-refractivity contribution in [1.82, 2.24) is 15.1 Å². The van der Waals surface area contributed by atoms with Crippen LogP contribution in [0.4, 0.5) is 0 Å². The predicted octanol–water partition coefficient (Wildman–Crippen LogP) is 2.05. The Kier molecular flexibility index (Phi) is 4.57. The highest BCUT2D eigenvalue weighted by atomic mass is 79.9. The second-order valence-electron chi connectivity index (χ2n) is 4.66. The Hall–Kier alpha value is -1.66. The van der Waals surface area contributed by atoms with E-state index in [0.717, 1.165) is 11.3 Å². The fraction of sp³-hybridized carbons (Fsp3) is 0.286. The van der Waals surface area contributed by atoms with Gasteiger partial charge in [0.05, 0.1) is 11.8 Å². The third-order valence-electron chi connectivity index (χ3n) is 2.75. The molecule has 0 aliphatic heterocycles. The van der Waals surface area contributed by atoms with Crippen LogP contribution in [0.3, 0.4) is 0 Å². The molecule has 1 heterocycles. The average molecular weight is 338 g/mol. The van der Waals surface area contributed by atoms with Crippen molar-refractivity contribution in [2.45, 2.75) is 20.0 Å². The summed E-state index contributed by atoms with van der Waals surface area (Å²) in [6, 6.07) is 9.38. The van der Waals surface area contributed by atoms with Crippen LogP contribution in [0.2, 0.25) is 0 Å². The molecule has 1 amide bonds. The van der Waals surface area contributed by atoms with E-state index in [1.54, 1.807) is 17.7 Å². The molecule has 2 N–H and O–H groups in total. The van der Waals surface area contributed by atoms with Gasteiger partial charge in [-0.05, 0) is 41.9 Å². The molecule has 0 aliphatic carbocycles. The molecule has 1 aromatic carbocycles. The number of rotatable bonds is 4. The topological polar surface area (TPSA) is 67.2 Å². The van der Waals surface area contributed by atoms with Gasteiger partial charge in [0.15, 0.2) is 0 Å². The van der Waals surface area contributed by atoms with E-state index in [1.807, 2.05) is 31.2 Å². The van der Waals surface area contributed by atoms with Gasteiger partial charge in [0.1, 0.15) is 10.3 Å². The lowest BCUT2D eigenvalue weighted by Gasteiger charge is -2.09. The van der Waals surface area contributed by atoms with Gasteiger partial charge in [-0.15, -0.1) is 0 Å². The van der Waals surface area contributed by atoms with Crippen molar-refractivity contribution >= 4 is 21.8 Å². The van der Waals surface area contributed by atoms with Crippen LogP contribution in [0.1, 0.15) is 23.0 Å². The molecule has 0 radical (unpaired) electrons. The van der Waals surface area contributed by atoms with Crippen molar-refractivity contribution in [3.8, 4) is 5.69 Å². The van der Waals surface area contributed by atoms with Gasteiger partial charge >= 0.3 is 0 Å². The maximum absolute atomic E-state index is 12.1. The van der Waals surface area contributed by atoms with Crippen LogP contribution in [0.25, 0.3) is 5.69 Å². The summed E-state index contributed by atoms with van der Waals surface area (Å²) in [4.78, 5) is 12.1. The number of hydrogen-bond donors (Lipinski definition) is 2. The number of benzene rings is 1. The number of nitrogens with zero attached hydrogens (tertiary/aromatic N) is 2. The Labute approximate surface area is 125 Å². The molecule has 0 fully saturated rings. The molecule has 0 saturated carbocycles. The zero-order chi connectivity index (χ0) is 14.7. The van der Waals surface area contributed by atoms with Gasteiger partial charge in [0.2, 0.25) is 0 Å². The molecule has 6 heteroatoms. The predicted molar refractivity (Wildman–Crippen MR) is 80.0 cm³/mol. The van der Waals surface area contributed by atoms with Gasteiger partial charge in [-0.25, -0.2) is 4.68 Å². The first kappa shape index (κ1) is 14.7. The van der Waals surface area contributed by atoms with Gasteiger partial charge in [-0.2, -0.15) is 5.10 Å². The fourth-order valence-electron chi connectivity index (χ4n) is 1.73. The minimum absolute atomic E-state index is 0.204. The van der Waals surface area contributed by atoms with Crippen molar-refractivity contribution < 1.29 is 9.90 Å². The summed E-state index contributed by atoms with van der Waals surface area (Å²) in [5.74, 6) is -0.273. The Morgan fingerprint density at radius 2 is 2.10 bits per heavy atom. The Balaban J connectivity index is 2.30. The van der Waals surface area contributed by atoms with Crippen LogP contribution in [-0.4, -0.2) is 33.4 Å². The van der Waals surface area contributed by atoms with E-state index in [4.69, 9.17) is 0 Å². The normalized spacial score (nSPS) is 12.2. The van der Waals surface area contributed by atoms with E-state index in [-0.39, 0.29) is 12.5 Å². The third-order valence-corrected chi connectivity index (χ3v) is 3.14. The number of aliphatic hydroxyl groups is 1. The van der Waals surface area contributed by atoms with Gasteiger partial charge < -0.3 is 10.4 Å². The molecule has 0 bridgehead atoms. The van der Waals surface area contributed by atoms with Gasteiger partial charge in [0.25, 0.3) is 5.91 Å². The van der Waals surface area contributed by atoms with Gasteiger partial charge in [-0.1, -0.05) is 17.7 Å². The lowest BCUT2D eigenvalue weighted by atomic mass is 10.2. The van der Waals surface area contributed by atoms with E-state index in [1.165, 1.54) is 0 Å². The molecule has 0 aliphatic rings. The SMILES string of the molecule is Cc1ccc(-n2nc(Br)cc2C(=O)NCC(C)O)cc1. The van der Waals surface area contributed by atoms with Crippen molar-refractivity contribution in [3.63, 3.8) is 0 Å². The number of halogens is 1. The van der Waals surface area contributed by atoms with E-state index in [2.05, 4.69) is 26.3 Å². The van der Waals surface area contributed by atoms with Crippen LogP contribution in [-0.2, 0) is 0 Å². The second-order valence-corrected chi connectivity index (χ2v) is 5.47. The first-order valence-corrected chi connectivity index (χ1v) is 7.05. The van der Waals surface area contributed by atoms with Crippen LogP contribution < -0.4 is 5.32 Å². The first-order chi connectivity index (χ1) is 9.47. The van der Waals surface area contributed by atoms with Crippen LogP contribution >= 0.6 is 15.9 Å². The van der Waals surface area contributed by atoms with Crippen molar-refractivity contribution in [1.29, 1.82) is 0 Å². The quantitative estimate of drug-likeness (QED) is 0.897. The molecule has 1 unspecified atom stereocenters. The van der Waals surface area contributed by atoms with Crippen molar-refractivity contribution in [3.05, 3.63) is 46.2 Å². The second kappa shape index (κ2) is 6.19. The highest BCUT2D eigenvalue weighted by Gasteiger charge is 2.16. The third kappa shape index (κ3) is 3.46. The zero-order valence-corrected chi connectivity index (χ0v) is 12.9. The summed E-state index contributed by atoms with van der Waals surface area (Å²) in [7, 11) is 0. The fourth-order valence-corrected chi connectivity index (χ4v) is 2.10. The van der Waals surface area contributed by atoms with Gasteiger partial charge in [-0.3, -0.25) is 4.79 Å². The average Bonchev–Trinajstić information content (AvgIpc) is 2.79. The number of carbonyl (C=O) groups is 1. The molecular formula is C14H16BrN3O2. The summed E-state index contributed by atoms with van der Waals surface area (Å²) in [5.41, 5.74) is 2.37. The Morgan fingerprint density at radius 1 is 1.45 bits per heavy atom. The van der Waals surface area contributed by atoms with Crippen LogP contribution in [0, 0.1) is 6.92 Å². The van der Waals surface area contributed by atoms with E-state index >= 15 is 0 Å². The number of aryl methyl sites for hydroxylation is 1. The Morgan fingerprint density at radius 3 is 2.70 bits per heavy atom. The number of nitrogens with one attached hydrogen (secondary N) is 1. The lowest BCUT2D eigenvalue weighted by molar-refractivity contribution is 0.0916. The number of aliphatic hydroxyl groups excluding tert-OH is 1. The van der Waals surface area contributed by atoms with Gasteiger partial charge in [0, 0.05) is 12.6 Å². The molecule has 0 saturated heterocycles. The number of amides is 1. The summed E-state index contributed by atoms with van der Waals surface area (Å²) >= 11 is 3.28. The molecule has 1 atom stereocenters. The standard InChI is InChI=1S/C14H16BrN3O2/c1-9-3-5-11(6-4-9)18-12(7-13(15)17-18)14(20)16-8-10(2)19/h3-7,10,19H,8H2,1-2H3,(H,16,20). The molecule has 5 nitrogen and oxygen atoms in total. The molecular weight excluding hydrogens is 322 g/mol. The maximum Gasteiger partial charge on any atom is 0.270 e. The lowest BCUT2D eigenvalue weighted by Crippen LogP contribution is -2.31. The molecule has 2 aromatic rings. The summed E-state index contributed by atoms with van der Waals surface area (Å²) in [6.07, 6.45) is -0.585. The minimum atomic E-state index is -0.585. The van der Waals surface area contributed by atoms with E-state index in [9.17, 15) is 9.90 Å². The summed E-state index contributed by atoms with van der Waals surface area (Å²) in [5, 5.41) is 16.2. The van der Waals surface area contributed by atoms with Crippen molar-refractivity contribution in [2.24, 2.45) is 0 Å². The highest BCUT2D eigenvalue weighted by Crippen LogP contribution is 2.17. The monoisotopic (exact) mass is 337 g/mol.